The summed E-state index contributed by atoms with van der Waals surface area (Å²) in [6.45, 7) is 1.98. The molecule has 0 radical (unpaired) electrons. The minimum absolute atomic E-state index is 0.540. The largest absolute Gasteiger partial charge is 0.334 e. The van der Waals surface area contributed by atoms with Crippen LogP contribution in [0.1, 0.15) is 12.7 Å². The highest BCUT2D eigenvalue weighted by Gasteiger charge is 2.06. The van der Waals surface area contributed by atoms with E-state index in [1.807, 2.05) is 19.1 Å². The van der Waals surface area contributed by atoms with Crippen LogP contribution in [0.15, 0.2) is 28.8 Å². The molecule has 0 aliphatic rings. The van der Waals surface area contributed by atoms with Crippen molar-refractivity contribution in [3.8, 4) is 11.5 Å². The lowest BCUT2D eigenvalue weighted by Gasteiger charge is -1.92. The van der Waals surface area contributed by atoms with Gasteiger partial charge in [0, 0.05) is 17.0 Å². The van der Waals surface area contributed by atoms with E-state index in [-0.39, 0.29) is 0 Å². The van der Waals surface area contributed by atoms with Crippen LogP contribution in [0.4, 0.5) is 0 Å². The van der Waals surface area contributed by atoms with E-state index < -0.39 is 0 Å². The molecular formula is C10H9ClN2O. The van der Waals surface area contributed by atoms with Crippen LogP contribution >= 0.6 is 11.6 Å². The smallest absolute Gasteiger partial charge is 0.257 e. The molecule has 0 aliphatic carbocycles. The van der Waals surface area contributed by atoms with Crippen molar-refractivity contribution in [2.24, 2.45) is 0 Å². The second kappa shape index (κ2) is 3.80. The van der Waals surface area contributed by atoms with Gasteiger partial charge in [-0.25, -0.2) is 0 Å². The van der Waals surface area contributed by atoms with E-state index in [4.69, 9.17) is 16.1 Å². The van der Waals surface area contributed by atoms with E-state index in [2.05, 4.69) is 10.1 Å². The first kappa shape index (κ1) is 9.21. The summed E-state index contributed by atoms with van der Waals surface area (Å²) in [4.78, 5) is 4.21. The molecule has 1 heterocycles. The summed E-state index contributed by atoms with van der Waals surface area (Å²) in [5, 5.41) is 4.51. The molecule has 0 N–H and O–H groups in total. The molecule has 0 saturated heterocycles. The predicted octanol–water partition coefficient (Wildman–Crippen LogP) is 2.95. The topological polar surface area (TPSA) is 38.9 Å². The van der Waals surface area contributed by atoms with Crippen molar-refractivity contribution in [2.45, 2.75) is 13.3 Å². The van der Waals surface area contributed by atoms with Gasteiger partial charge in [-0.2, -0.15) is 4.98 Å². The van der Waals surface area contributed by atoms with Crippen LogP contribution in [0.25, 0.3) is 11.5 Å². The molecule has 2 rings (SSSR count). The van der Waals surface area contributed by atoms with Gasteiger partial charge >= 0.3 is 0 Å². The molecule has 3 nitrogen and oxygen atoms in total. The number of aryl methyl sites for hydroxylation is 1. The number of aromatic nitrogens is 2. The Morgan fingerprint density at radius 1 is 1.29 bits per heavy atom. The van der Waals surface area contributed by atoms with Gasteiger partial charge < -0.3 is 4.52 Å². The zero-order valence-corrected chi connectivity index (χ0v) is 8.45. The second-order valence-corrected chi connectivity index (χ2v) is 3.31. The summed E-state index contributed by atoms with van der Waals surface area (Å²) in [6.07, 6.45) is 0.775. The van der Waals surface area contributed by atoms with Gasteiger partial charge in [-0.3, -0.25) is 0 Å². The van der Waals surface area contributed by atoms with Crippen LogP contribution in [0.2, 0.25) is 5.02 Å². The average molecular weight is 209 g/mol. The lowest BCUT2D eigenvalue weighted by Crippen LogP contribution is -1.82. The van der Waals surface area contributed by atoms with E-state index >= 15 is 0 Å². The molecule has 0 aliphatic heterocycles. The lowest BCUT2D eigenvalue weighted by atomic mass is 10.2. The molecule has 14 heavy (non-hydrogen) atoms. The highest BCUT2D eigenvalue weighted by Crippen LogP contribution is 2.19. The standard InChI is InChI=1S/C10H9ClN2O/c1-2-9-12-10(14-13-9)7-3-5-8(11)6-4-7/h3-6H,2H2,1H3. The minimum Gasteiger partial charge on any atom is -0.334 e. The SMILES string of the molecule is CCc1noc(-c2ccc(Cl)cc2)n1. The van der Waals surface area contributed by atoms with Gasteiger partial charge in [0.25, 0.3) is 5.89 Å². The Balaban J connectivity index is 2.34. The van der Waals surface area contributed by atoms with Crippen molar-refractivity contribution in [1.29, 1.82) is 0 Å². The molecule has 1 aromatic heterocycles. The van der Waals surface area contributed by atoms with Gasteiger partial charge in [-0.1, -0.05) is 23.7 Å². The molecule has 0 amide bonds. The molecule has 0 atom stereocenters. The number of nitrogens with zero attached hydrogens (tertiary/aromatic N) is 2. The Bertz CT molecular complexity index is 422. The quantitative estimate of drug-likeness (QED) is 0.762. The molecule has 72 valence electrons. The average Bonchev–Trinajstić information content (AvgIpc) is 2.67. The van der Waals surface area contributed by atoms with Crippen molar-refractivity contribution in [1.82, 2.24) is 10.1 Å². The summed E-state index contributed by atoms with van der Waals surface area (Å²) < 4.78 is 5.08. The van der Waals surface area contributed by atoms with Crippen LogP contribution < -0.4 is 0 Å². The van der Waals surface area contributed by atoms with Gasteiger partial charge in [0.15, 0.2) is 5.82 Å². The third kappa shape index (κ3) is 1.77. The Hall–Kier alpha value is -1.35. The zero-order chi connectivity index (χ0) is 9.97. The molecule has 0 fully saturated rings. The third-order valence-corrected chi connectivity index (χ3v) is 2.13. The Morgan fingerprint density at radius 2 is 2.00 bits per heavy atom. The summed E-state index contributed by atoms with van der Waals surface area (Å²) in [6, 6.07) is 7.31. The number of hydrogen-bond donors (Lipinski definition) is 0. The monoisotopic (exact) mass is 208 g/mol. The maximum atomic E-state index is 5.76. The van der Waals surface area contributed by atoms with Crippen LogP contribution in [-0.2, 0) is 6.42 Å². The Morgan fingerprint density at radius 3 is 2.57 bits per heavy atom. The molecule has 0 unspecified atom stereocenters. The summed E-state index contributed by atoms with van der Waals surface area (Å²) in [7, 11) is 0. The van der Waals surface area contributed by atoms with Crippen LogP contribution in [0.3, 0.4) is 0 Å². The highest BCUT2D eigenvalue weighted by atomic mass is 35.5. The van der Waals surface area contributed by atoms with Crippen LogP contribution in [0.5, 0.6) is 0 Å². The highest BCUT2D eigenvalue weighted by molar-refractivity contribution is 6.30. The number of rotatable bonds is 2. The van der Waals surface area contributed by atoms with Gasteiger partial charge in [0.05, 0.1) is 0 Å². The fourth-order valence-corrected chi connectivity index (χ4v) is 1.23. The van der Waals surface area contributed by atoms with Crippen molar-refractivity contribution in [3.63, 3.8) is 0 Å². The van der Waals surface area contributed by atoms with Crippen molar-refractivity contribution >= 4 is 11.6 Å². The van der Waals surface area contributed by atoms with E-state index in [1.165, 1.54) is 0 Å². The van der Waals surface area contributed by atoms with Gasteiger partial charge in [0.1, 0.15) is 0 Å². The first-order valence-corrected chi connectivity index (χ1v) is 4.76. The lowest BCUT2D eigenvalue weighted by molar-refractivity contribution is 0.423. The van der Waals surface area contributed by atoms with Crippen molar-refractivity contribution in [3.05, 3.63) is 35.1 Å². The maximum Gasteiger partial charge on any atom is 0.257 e. The second-order valence-electron chi connectivity index (χ2n) is 2.88. The Labute approximate surface area is 86.7 Å². The van der Waals surface area contributed by atoms with Gasteiger partial charge in [-0.15, -0.1) is 0 Å². The fraction of sp³-hybridized carbons (Fsp3) is 0.200. The fourth-order valence-electron chi connectivity index (χ4n) is 1.11. The number of halogens is 1. The molecular weight excluding hydrogens is 200 g/mol. The molecule has 0 saturated carbocycles. The normalized spacial score (nSPS) is 10.4. The molecule has 0 bridgehead atoms. The third-order valence-electron chi connectivity index (χ3n) is 1.88. The van der Waals surface area contributed by atoms with Crippen LogP contribution in [-0.4, -0.2) is 10.1 Å². The van der Waals surface area contributed by atoms with E-state index in [0.717, 1.165) is 17.8 Å². The Kier molecular flexibility index (Phi) is 2.50. The molecule has 4 heteroatoms. The number of hydrogen-bond acceptors (Lipinski definition) is 3. The summed E-state index contributed by atoms with van der Waals surface area (Å²) >= 11 is 5.76. The first-order chi connectivity index (χ1) is 6.79. The molecule has 2 aromatic rings. The van der Waals surface area contributed by atoms with Crippen molar-refractivity contribution < 1.29 is 4.52 Å². The summed E-state index contributed by atoms with van der Waals surface area (Å²) in [5.74, 6) is 1.26. The minimum atomic E-state index is 0.540. The predicted molar refractivity (Wildman–Crippen MR) is 54.1 cm³/mol. The number of benzene rings is 1. The van der Waals surface area contributed by atoms with E-state index in [1.54, 1.807) is 12.1 Å². The summed E-state index contributed by atoms with van der Waals surface area (Å²) in [5.41, 5.74) is 0.890. The first-order valence-electron chi connectivity index (χ1n) is 4.38. The molecule has 0 spiro atoms. The maximum absolute atomic E-state index is 5.76. The van der Waals surface area contributed by atoms with Gasteiger partial charge in [-0.05, 0) is 24.3 Å². The van der Waals surface area contributed by atoms with Crippen molar-refractivity contribution in [2.75, 3.05) is 0 Å². The van der Waals surface area contributed by atoms with E-state index in [0.29, 0.717) is 10.9 Å². The zero-order valence-electron chi connectivity index (χ0n) is 7.70. The van der Waals surface area contributed by atoms with E-state index in [9.17, 15) is 0 Å². The van der Waals surface area contributed by atoms with Crippen LogP contribution in [0, 0.1) is 0 Å². The molecule has 1 aromatic carbocycles. The van der Waals surface area contributed by atoms with Gasteiger partial charge in [0.2, 0.25) is 0 Å².